The summed E-state index contributed by atoms with van der Waals surface area (Å²) in [5.74, 6) is 0.898. The summed E-state index contributed by atoms with van der Waals surface area (Å²) in [7, 11) is 0. The molecule has 2 aromatic rings. The topological polar surface area (TPSA) is 58.1 Å². The van der Waals surface area contributed by atoms with Gasteiger partial charge in [0, 0.05) is 30.2 Å². The molecule has 126 valence electrons. The lowest BCUT2D eigenvalue weighted by atomic mass is 10.1. The molecular weight excluding hydrogens is 327 g/mol. The molecule has 1 atom stereocenters. The zero-order chi connectivity index (χ0) is 16.8. The number of amides is 1. The molecule has 1 aliphatic rings. The van der Waals surface area contributed by atoms with Gasteiger partial charge < -0.3 is 10.2 Å². The standard InChI is InChI=1S/C17H19FN4OS/c18-13-5-7-15(8-6-13)24-12-17(23)20-14-3-2-10-22(11-14)16-4-1-9-19-21-16/h1,4-9,14H,2-3,10-12H2,(H,20,23). The third kappa shape index (κ3) is 4.67. The number of rotatable bonds is 5. The molecule has 3 rings (SSSR count). The zero-order valence-electron chi connectivity index (χ0n) is 13.2. The van der Waals surface area contributed by atoms with Crippen molar-refractivity contribution in [2.45, 2.75) is 23.8 Å². The number of hydrogen-bond acceptors (Lipinski definition) is 5. The van der Waals surface area contributed by atoms with Crippen LogP contribution in [0.1, 0.15) is 12.8 Å². The van der Waals surface area contributed by atoms with Crippen molar-refractivity contribution < 1.29 is 9.18 Å². The van der Waals surface area contributed by atoms with Gasteiger partial charge in [-0.05, 0) is 49.2 Å². The molecule has 1 aliphatic heterocycles. The molecule has 0 radical (unpaired) electrons. The summed E-state index contributed by atoms with van der Waals surface area (Å²) in [6, 6.07) is 10.1. The van der Waals surface area contributed by atoms with Crippen LogP contribution in [0.5, 0.6) is 0 Å². The first-order chi connectivity index (χ1) is 11.7. The smallest absolute Gasteiger partial charge is 0.230 e. The predicted molar refractivity (Wildman–Crippen MR) is 92.5 cm³/mol. The Bertz CT molecular complexity index is 668. The molecule has 7 heteroatoms. The second-order valence-corrected chi connectivity index (χ2v) is 6.73. The van der Waals surface area contributed by atoms with E-state index in [9.17, 15) is 9.18 Å². The molecular formula is C17H19FN4OS. The maximum absolute atomic E-state index is 12.9. The number of halogens is 1. The van der Waals surface area contributed by atoms with Gasteiger partial charge in [0.1, 0.15) is 5.82 Å². The van der Waals surface area contributed by atoms with Gasteiger partial charge in [-0.25, -0.2) is 4.39 Å². The number of carbonyl (C=O) groups excluding carboxylic acids is 1. The molecule has 1 amide bonds. The molecule has 1 unspecified atom stereocenters. The second-order valence-electron chi connectivity index (χ2n) is 5.68. The summed E-state index contributed by atoms with van der Waals surface area (Å²) in [6.45, 7) is 1.67. The van der Waals surface area contributed by atoms with Gasteiger partial charge in [-0.2, -0.15) is 5.10 Å². The van der Waals surface area contributed by atoms with Crippen molar-refractivity contribution in [3.63, 3.8) is 0 Å². The van der Waals surface area contributed by atoms with Gasteiger partial charge in [-0.15, -0.1) is 16.9 Å². The molecule has 1 N–H and O–H groups in total. The van der Waals surface area contributed by atoms with Crippen LogP contribution in [0.15, 0.2) is 47.5 Å². The van der Waals surface area contributed by atoms with E-state index in [0.717, 1.165) is 36.6 Å². The van der Waals surface area contributed by atoms with E-state index in [1.807, 2.05) is 12.1 Å². The van der Waals surface area contributed by atoms with Crippen LogP contribution in [0, 0.1) is 5.82 Å². The summed E-state index contributed by atoms with van der Waals surface area (Å²) in [5, 5.41) is 11.1. The number of aromatic nitrogens is 2. The first-order valence-corrected chi connectivity index (χ1v) is 8.89. The van der Waals surface area contributed by atoms with Crippen LogP contribution in [0.4, 0.5) is 10.2 Å². The van der Waals surface area contributed by atoms with Crippen LogP contribution < -0.4 is 10.2 Å². The van der Waals surface area contributed by atoms with Crippen LogP contribution in [-0.4, -0.2) is 41.0 Å². The van der Waals surface area contributed by atoms with Crippen LogP contribution in [0.25, 0.3) is 0 Å². The minimum atomic E-state index is -0.268. The van der Waals surface area contributed by atoms with Crippen LogP contribution >= 0.6 is 11.8 Å². The van der Waals surface area contributed by atoms with Crippen molar-refractivity contribution in [1.29, 1.82) is 0 Å². The first kappa shape index (κ1) is 16.7. The monoisotopic (exact) mass is 346 g/mol. The largest absolute Gasteiger partial charge is 0.353 e. The highest BCUT2D eigenvalue weighted by Gasteiger charge is 2.22. The zero-order valence-corrected chi connectivity index (χ0v) is 14.0. The van der Waals surface area contributed by atoms with Gasteiger partial charge in [0.05, 0.1) is 5.75 Å². The third-order valence-electron chi connectivity index (χ3n) is 3.85. The molecule has 1 aromatic carbocycles. The van der Waals surface area contributed by atoms with E-state index in [1.165, 1.54) is 23.9 Å². The summed E-state index contributed by atoms with van der Waals surface area (Å²) in [5.41, 5.74) is 0. The number of anilines is 1. The maximum atomic E-state index is 12.9. The first-order valence-electron chi connectivity index (χ1n) is 7.91. The van der Waals surface area contributed by atoms with E-state index in [-0.39, 0.29) is 17.8 Å². The average Bonchev–Trinajstić information content (AvgIpc) is 2.62. The molecule has 1 fully saturated rings. The van der Waals surface area contributed by atoms with Crippen LogP contribution in [-0.2, 0) is 4.79 Å². The average molecular weight is 346 g/mol. The summed E-state index contributed by atoms with van der Waals surface area (Å²) < 4.78 is 12.9. The number of benzene rings is 1. The number of thioether (sulfide) groups is 1. The fourth-order valence-corrected chi connectivity index (χ4v) is 3.42. The Morgan fingerprint density at radius 2 is 2.17 bits per heavy atom. The molecule has 24 heavy (non-hydrogen) atoms. The fourth-order valence-electron chi connectivity index (χ4n) is 2.71. The number of nitrogens with one attached hydrogen (secondary N) is 1. The van der Waals surface area contributed by atoms with Gasteiger partial charge >= 0.3 is 0 Å². The normalized spacial score (nSPS) is 17.5. The van der Waals surface area contributed by atoms with Gasteiger partial charge in [0.2, 0.25) is 5.91 Å². The van der Waals surface area contributed by atoms with Crippen molar-refractivity contribution in [2.24, 2.45) is 0 Å². The molecule has 1 aromatic heterocycles. The lowest BCUT2D eigenvalue weighted by Gasteiger charge is -2.33. The van der Waals surface area contributed by atoms with Gasteiger partial charge in [0.15, 0.2) is 5.82 Å². The SMILES string of the molecule is O=C(CSc1ccc(F)cc1)NC1CCCN(c2cccnn2)C1. The highest BCUT2D eigenvalue weighted by molar-refractivity contribution is 8.00. The van der Waals surface area contributed by atoms with E-state index >= 15 is 0 Å². The van der Waals surface area contributed by atoms with Crippen molar-refractivity contribution in [1.82, 2.24) is 15.5 Å². The van der Waals surface area contributed by atoms with E-state index in [4.69, 9.17) is 0 Å². The van der Waals surface area contributed by atoms with Crippen molar-refractivity contribution in [3.05, 3.63) is 48.4 Å². The molecule has 0 spiro atoms. The summed E-state index contributed by atoms with van der Waals surface area (Å²) in [6.07, 6.45) is 3.62. The van der Waals surface area contributed by atoms with E-state index in [1.54, 1.807) is 18.3 Å². The predicted octanol–water partition coefficient (Wildman–Crippen LogP) is 2.49. The Kier molecular flexibility index (Phi) is 5.63. The quantitative estimate of drug-likeness (QED) is 0.843. The van der Waals surface area contributed by atoms with Gasteiger partial charge in [-0.1, -0.05) is 0 Å². The fraction of sp³-hybridized carbons (Fsp3) is 0.353. The van der Waals surface area contributed by atoms with E-state index in [2.05, 4.69) is 20.4 Å². The lowest BCUT2D eigenvalue weighted by molar-refractivity contribution is -0.119. The van der Waals surface area contributed by atoms with E-state index in [0.29, 0.717) is 5.75 Å². The Morgan fingerprint density at radius 1 is 1.33 bits per heavy atom. The van der Waals surface area contributed by atoms with Gasteiger partial charge in [0.25, 0.3) is 0 Å². The van der Waals surface area contributed by atoms with Crippen LogP contribution in [0.2, 0.25) is 0 Å². The molecule has 0 bridgehead atoms. The van der Waals surface area contributed by atoms with Crippen molar-refractivity contribution in [2.75, 3.05) is 23.7 Å². The maximum Gasteiger partial charge on any atom is 0.230 e. The van der Waals surface area contributed by atoms with E-state index < -0.39 is 0 Å². The minimum absolute atomic E-state index is 0.00433. The molecule has 0 aliphatic carbocycles. The Balaban J connectivity index is 1.48. The number of piperidine rings is 1. The lowest BCUT2D eigenvalue weighted by Crippen LogP contribution is -2.48. The van der Waals surface area contributed by atoms with Crippen LogP contribution in [0.3, 0.4) is 0 Å². The molecule has 1 saturated heterocycles. The summed E-state index contributed by atoms with van der Waals surface area (Å²) >= 11 is 1.41. The highest BCUT2D eigenvalue weighted by atomic mass is 32.2. The second kappa shape index (κ2) is 8.10. The highest BCUT2D eigenvalue weighted by Crippen LogP contribution is 2.19. The van der Waals surface area contributed by atoms with Gasteiger partial charge in [-0.3, -0.25) is 4.79 Å². The number of carbonyl (C=O) groups is 1. The Morgan fingerprint density at radius 3 is 2.92 bits per heavy atom. The Hall–Kier alpha value is -2.15. The summed E-state index contributed by atoms with van der Waals surface area (Å²) in [4.78, 5) is 15.2. The molecule has 2 heterocycles. The number of hydrogen-bond donors (Lipinski definition) is 1. The molecule has 5 nitrogen and oxygen atoms in total. The number of nitrogens with zero attached hydrogens (tertiary/aromatic N) is 3. The van der Waals surface area contributed by atoms with Crippen molar-refractivity contribution >= 4 is 23.5 Å². The third-order valence-corrected chi connectivity index (χ3v) is 4.86. The molecule has 0 saturated carbocycles. The van der Waals surface area contributed by atoms with Crippen molar-refractivity contribution in [3.8, 4) is 0 Å². The Labute approximate surface area is 144 Å². The minimum Gasteiger partial charge on any atom is -0.353 e.